The summed E-state index contributed by atoms with van der Waals surface area (Å²) in [5.74, 6) is 0.0403. The minimum atomic E-state index is -0.154. The van der Waals surface area contributed by atoms with Gasteiger partial charge in [0.2, 0.25) is 5.91 Å². The van der Waals surface area contributed by atoms with Crippen LogP contribution in [0.25, 0.3) is 0 Å². The van der Waals surface area contributed by atoms with Crippen molar-refractivity contribution >= 4 is 5.91 Å². The van der Waals surface area contributed by atoms with Crippen LogP contribution < -0.4 is 10.6 Å². The molecule has 1 aromatic rings. The number of rotatable bonds is 6. The Hall–Kier alpha value is -1.75. The first-order chi connectivity index (χ1) is 8.50. The van der Waals surface area contributed by atoms with Crippen molar-refractivity contribution in [1.29, 1.82) is 0 Å². The third-order valence-electron chi connectivity index (χ3n) is 2.41. The summed E-state index contributed by atoms with van der Waals surface area (Å²) in [6.45, 7) is 5.21. The smallest absolute Gasteiger partial charge is 0.233 e. The molecule has 1 rings (SSSR count). The van der Waals surface area contributed by atoms with E-state index in [1.165, 1.54) is 6.07 Å². The molecule has 0 aromatic heterocycles. The second kappa shape index (κ2) is 6.86. The van der Waals surface area contributed by atoms with E-state index in [0.717, 1.165) is 0 Å². The Bertz CT molecular complexity index is 405. The number of carbonyl (C=O) groups excluding carboxylic acids is 1. The third-order valence-corrected chi connectivity index (χ3v) is 2.41. The Labute approximate surface area is 107 Å². The van der Waals surface area contributed by atoms with Crippen molar-refractivity contribution < 1.29 is 15.0 Å². The topological polar surface area (TPSA) is 81.6 Å². The van der Waals surface area contributed by atoms with E-state index in [0.29, 0.717) is 24.6 Å². The van der Waals surface area contributed by atoms with E-state index in [9.17, 15) is 15.0 Å². The molecule has 5 heteroatoms. The van der Waals surface area contributed by atoms with Crippen LogP contribution in [0.15, 0.2) is 18.2 Å². The highest BCUT2D eigenvalue weighted by atomic mass is 16.3. The van der Waals surface area contributed by atoms with Gasteiger partial charge in [0.1, 0.15) is 0 Å². The van der Waals surface area contributed by atoms with Crippen LogP contribution in [0, 0.1) is 5.92 Å². The molecule has 0 spiro atoms. The van der Waals surface area contributed by atoms with Gasteiger partial charge < -0.3 is 20.8 Å². The van der Waals surface area contributed by atoms with E-state index >= 15 is 0 Å². The largest absolute Gasteiger partial charge is 0.504 e. The zero-order valence-electron chi connectivity index (χ0n) is 10.7. The average Bonchev–Trinajstić information content (AvgIpc) is 2.32. The molecule has 0 unspecified atom stereocenters. The van der Waals surface area contributed by atoms with Crippen LogP contribution in [-0.4, -0.2) is 29.2 Å². The Morgan fingerprint density at radius 2 is 2.06 bits per heavy atom. The summed E-state index contributed by atoms with van der Waals surface area (Å²) in [7, 11) is 0. The molecular weight excluding hydrogens is 232 g/mol. The van der Waals surface area contributed by atoms with Crippen LogP contribution >= 0.6 is 0 Å². The quantitative estimate of drug-likeness (QED) is 0.568. The van der Waals surface area contributed by atoms with E-state index < -0.39 is 0 Å². The van der Waals surface area contributed by atoms with Crippen molar-refractivity contribution in [2.45, 2.75) is 20.4 Å². The first-order valence-electron chi connectivity index (χ1n) is 5.98. The highest BCUT2D eigenvalue weighted by Crippen LogP contribution is 2.27. The Kier molecular flexibility index (Phi) is 5.45. The Morgan fingerprint density at radius 1 is 1.33 bits per heavy atom. The molecule has 0 heterocycles. The van der Waals surface area contributed by atoms with Crippen molar-refractivity contribution in [2.24, 2.45) is 5.92 Å². The molecule has 1 aromatic carbocycles. The Balaban J connectivity index is 2.33. The number of hydrogen-bond donors (Lipinski definition) is 4. The number of benzene rings is 1. The summed E-state index contributed by atoms with van der Waals surface area (Å²) in [5.41, 5.74) is 0.562. The molecule has 0 aliphatic heterocycles. The van der Waals surface area contributed by atoms with Crippen LogP contribution in [0.3, 0.4) is 0 Å². The van der Waals surface area contributed by atoms with E-state index in [2.05, 4.69) is 10.6 Å². The number of aromatic hydroxyl groups is 2. The van der Waals surface area contributed by atoms with Crippen LogP contribution in [-0.2, 0) is 11.3 Å². The highest BCUT2D eigenvalue weighted by Gasteiger charge is 2.06. The fourth-order valence-electron chi connectivity index (χ4n) is 1.41. The van der Waals surface area contributed by atoms with Gasteiger partial charge in [-0.25, -0.2) is 0 Å². The molecule has 0 saturated carbocycles. The fraction of sp³-hybridized carbons (Fsp3) is 0.462. The van der Waals surface area contributed by atoms with E-state index in [1.807, 2.05) is 13.8 Å². The molecular formula is C13H20N2O3. The summed E-state index contributed by atoms with van der Waals surface area (Å²) >= 11 is 0. The molecule has 18 heavy (non-hydrogen) atoms. The average molecular weight is 252 g/mol. The maximum atomic E-state index is 11.4. The molecule has 100 valence electrons. The lowest BCUT2D eigenvalue weighted by Gasteiger charge is -2.09. The predicted molar refractivity (Wildman–Crippen MR) is 69.3 cm³/mol. The fourth-order valence-corrected chi connectivity index (χ4v) is 1.41. The molecule has 1 amide bonds. The lowest BCUT2D eigenvalue weighted by atomic mass is 10.2. The number of nitrogens with one attached hydrogen (secondary N) is 2. The van der Waals surface area contributed by atoms with Gasteiger partial charge in [-0.2, -0.15) is 0 Å². The van der Waals surface area contributed by atoms with Crippen LogP contribution in [0.2, 0.25) is 0 Å². The lowest BCUT2D eigenvalue weighted by molar-refractivity contribution is -0.120. The van der Waals surface area contributed by atoms with Gasteiger partial charge >= 0.3 is 0 Å². The van der Waals surface area contributed by atoms with Crippen molar-refractivity contribution in [3.8, 4) is 11.5 Å². The molecule has 0 saturated heterocycles. The van der Waals surface area contributed by atoms with Crippen molar-refractivity contribution in [3.05, 3.63) is 23.8 Å². The van der Waals surface area contributed by atoms with Gasteiger partial charge in [-0.15, -0.1) is 0 Å². The van der Waals surface area contributed by atoms with Crippen molar-refractivity contribution in [1.82, 2.24) is 10.6 Å². The van der Waals surface area contributed by atoms with Crippen LogP contribution in [0.4, 0.5) is 0 Å². The minimum absolute atomic E-state index is 0.0802. The standard InChI is InChI=1S/C13H20N2O3/c1-9(2)6-15-12(17)8-14-7-10-4-3-5-11(16)13(10)18/h3-5,9,14,16,18H,6-8H2,1-2H3,(H,15,17). The number of para-hydroxylation sites is 1. The molecule has 0 radical (unpaired) electrons. The molecule has 0 aliphatic carbocycles. The highest BCUT2D eigenvalue weighted by molar-refractivity contribution is 5.77. The Morgan fingerprint density at radius 3 is 2.72 bits per heavy atom. The van der Waals surface area contributed by atoms with Gasteiger partial charge in [-0.05, 0) is 12.0 Å². The third kappa shape index (κ3) is 4.63. The second-order valence-corrected chi connectivity index (χ2v) is 4.59. The summed E-state index contributed by atoms with van der Waals surface area (Å²) in [5, 5.41) is 24.5. The minimum Gasteiger partial charge on any atom is -0.504 e. The molecule has 5 nitrogen and oxygen atoms in total. The number of phenolic OH excluding ortho intramolecular Hbond substituents is 2. The SMILES string of the molecule is CC(C)CNC(=O)CNCc1cccc(O)c1O. The van der Waals surface area contributed by atoms with E-state index in [1.54, 1.807) is 12.1 Å². The zero-order valence-corrected chi connectivity index (χ0v) is 10.7. The molecule has 0 fully saturated rings. The number of carbonyl (C=O) groups is 1. The van der Waals surface area contributed by atoms with Gasteiger partial charge in [0.15, 0.2) is 11.5 Å². The van der Waals surface area contributed by atoms with Gasteiger partial charge in [0.05, 0.1) is 6.54 Å². The van der Waals surface area contributed by atoms with Crippen molar-refractivity contribution in [2.75, 3.05) is 13.1 Å². The summed E-state index contributed by atoms with van der Waals surface area (Å²) in [4.78, 5) is 11.4. The predicted octanol–water partition coefficient (Wildman–Crippen LogP) is 0.960. The number of amides is 1. The lowest BCUT2D eigenvalue weighted by Crippen LogP contribution is -2.35. The summed E-state index contributed by atoms with van der Waals surface area (Å²) in [6, 6.07) is 4.74. The first-order valence-corrected chi connectivity index (χ1v) is 5.98. The summed E-state index contributed by atoms with van der Waals surface area (Å²) in [6.07, 6.45) is 0. The maximum absolute atomic E-state index is 11.4. The maximum Gasteiger partial charge on any atom is 0.233 e. The monoisotopic (exact) mass is 252 g/mol. The van der Waals surface area contributed by atoms with Crippen LogP contribution in [0.5, 0.6) is 11.5 Å². The van der Waals surface area contributed by atoms with Gasteiger partial charge in [-0.3, -0.25) is 4.79 Å². The van der Waals surface area contributed by atoms with Gasteiger partial charge in [0, 0.05) is 18.7 Å². The molecule has 0 aliphatic rings. The van der Waals surface area contributed by atoms with Gasteiger partial charge in [0.25, 0.3) is 0 Å². The first kappa shape index (κ1) is 14.3. The number of hydrogen-bond acceptors (Lipinski definition) is 4. The zero-order chi connectivity index (χ0) is 13.5. The van der Waals surface area contributed by atoms with Crippen LogP contribution in [0.1, 0.15) is 19.4 Å². The molecule has 0 atom stereocenters. The number of phenols is 2. The van der Waals surface area contributed by atoms with Crippen molar-refractivity contribution in [3.63, 3.8) is 0 Å². The van der Waals surface area contributed by atoms with E-state index in [-0.39, 0.29) is 24.0 Å². The van der Waals surface area contributed by atoms with E-state index in [4.69, 9.17) is 0 Å². The molecule has 4 N–H and O–H groups in total. The molecule has 0 bridgehead atoms. The van der Waals surface area contributed by atoms with Gasteiger partial charge in [-0.1, -0.05) is 26.0 Å². The normalized spacial score (nSPS) is 10.6. The second-order valence-electron chi connectivity index (χ2n) is 4.59. The summed E-state index contributed by atoms with van der Waals surface area (Å²) < 4.78 is 0.